The third-order valence-electron chi connectivity index (χ3n) is 3.54. The number of carbonyl (C=O) groups excluding carboxylic acids is 1. The van der Waals surface area contributed by atoms with Crippen molar-refractivity contribution in [2.45, 2.75) is 24.8 Å². The van der Waals surface area contributed by atoms with E-state index < -0.39 is 15.7 Å². The summed E-state index contributed by atoms with van der Waals surface area (Å²) in [5.41, 5.74) is 1.00. The van der Waals surface area contributed by atoms with Gasteiger partial charge >= 0.3 is 0 Å². The minimum atomic E-state index is -3.46. The van der Waals surface area contributed by atoms with E-state index in [0.29, 0.717) is 5.02 Å². The van der Waals surface area contributed by atoms with E-state index >= 15 is 0 Å². The van der Waals surface area contributed by atoms with E-state index in [0.717, 1.165) is 5.56 Å². The van der Waals surface area contributed by atoms with Crippen LogP contribution in [0.1, 0.15) is 35.8 Å². The van der Waals surface area contributed by atoms with Gasteiger partial charge in [-0.2, -0.15) is 0 Å². The Balaban J connectivity index is 2.28. The number of benzene rings is 2. The topological polar surface area (TPSA) is 63.2 Å². The van der Waals surface area contributed by atoms with Crippen molar-refractivity contribution in [3.63, 3.8) is 0 Å². The molecular weight excluding hydrogens is 334 g/mol. The molecule has 4 nitrogen and oxygen atoms in total. The number of hydrogen-bond donors (Lipinski definition) is 1. The Morgan fingerprint density at radius 1 is 1.17 bits per heavy atom. The van der Waals surface area contributed by atoms with Crippen molar-refractivity contribution in [1.82, 2.24) is 5.32 Å². The van der Waals surface area contributed by atoms with Gasteiger partial charge in [0.25, 0.3) is 5.91 Å². The summed E-state index contributed by atoms with van der Waals surface area (Å²) < 4.78 is 24.3. The molecule has 0 fully saturated rings. The molecule has 0 aliphatic carbocycles. The fourth-order valence-corrected chi connectivity index (χ4v) is 3.51. The Kier molecular flexibility index (Phi) is 5.44. The van der Waals surface area contributed by atoms with E-state index in [9.17, 15) is 13.2 Å². The van der Waals surface area contributed by atoms with Crippen LogP contribution < -0.4 is 5.32 Å². The lowest BCUT2D eigenvalue weighted by atomic mass is 10.1. The number of carbonyl (C=O) groups is 1. The largest absolute Gasteiger partial charge is 0.345 e. The molecular formula is C17H18ClNO3S. The zero-order chi connectivity index (χ0) is 17.0. The van der Waals surface area contributed by atoms with Gasteiger partial charge in [0.1, 0.15) is 0 Å². The molecule has 0 aromatic heterocycles. The van der Waals surface area contributed by atoms with Gasteiger partial charge in [-0.3, -0.25) is 4.79 Å². The number of amides is 1. The maximum atomic E-state index is 12.5. The Morgan fingerprint density at radius 3 is 2.52 bits per heavy atom. The van der Waals surface area contributed by atoms with Crippen LogP contribution in [0.5, 0.6) is 0 Å². The average molecular weight is 352 g/mol. The monoisotopic (exact) mass is 351 g/mol. The molecule has 1 amide bonds. The summed E-state index contributed by atoms with van der Waals surface area (Å²) in [6, 6.07) is 13.1. The van der Waals surface area contributed by atoms with Gasteiger partial charge in [0, 0.05) is 5.02 Å². The van der Waals surface area contributed by atoms with E-state index in [-0.39, 0.29) is 22.3 Å². The molecule has 122 valence electrons. The van der Waals surface area contributed by atoms with Crippen molar-refractivity contribution >= 4 is 27.3 Å². The van der Waals surface area contributed by atoms with Crippen molar-refractivity contribution in [1.29, 1.82) is 0 Å². The average Bonchev–Trinajstić information content (AvgIpc) is 2.54. The van der Waals surface area contributed by atoms with Crippen molar-refractivity contribution in [2.75, 3.05) is 5.75 Å². The first-order chi connectivity index (χ1) is 10.8. The first-order valence-corrected chi connectivity index (χ1v) is 9.26. The Hall–Kier alpha value is -1.85. The molecule has 1 atom stereocenters. The first kappa shape index (κ1) is 17.5. The number of hydrogen-bond acceptors (Lipinski definition) is 3. The van der Waals surface area contributed by atoms with Gasteiger partial charge in [0.2, 0.25) is 0 Å². The molecule has 0 saturated carbocycles. The summed E-state index contributed by atoms with van der Waals surface area (Å²) in [5, 5.41) is 3.40. The summed E-state index contributed by atoms with van der Waals surface area (Å²) in [5.74, 6) is -0.480. The van der Waals surface area contributed by atoms with Gasteiger partial charge in [-0.05, 0) is 36.8 Å². The summed E-state index contributed by atoms with van der Waals surface area (Å²) in [6.45, 7) is 3.37. The van der Waals surface area contributed by atoms with E-state index in [4.69, 9.17) is 11.6 Å². The van der Waals surface area contributed by atoms with Crippen molar-refractivity contribution in [3.8, 4) is 0 Å². The van der Waals surface area contributed by atoms with Gasteiger partial charge < -0.3 is 5.32 Å². The SMILES string of the molecule is CCS(=O)(=O)c1ccccc1C(=O)N[C@@H](C)c1cccc(Cl)c1. The zero-order valence-electron chi connectivity index (χ0n) is 12.9. The molecule has 6 heteroatoms. The Morgan fingerprint density at radius 2 is 1.87 bits per heavy atom. The van der Waals surface area contributed by atoms with Gasteiger partial charge in [0.05, 0.1) is 22.3 Å². The second-order valence-corrected chi connectivity index (χ2v) is 7.83. The highest BCUT2D eigenvalue weighted by atomic mass is 35.5. The molecule has 0 aliphatic heterocycles. The highest BCUT2D eigenvalue weighted by Gasteiger charge is 2.21. The fraction of sp³-hybridized carbons (Fsp3) is 0.235. The van der Waals surface area contributed by atoms with Crippen LogP contribution in [-0.4, -0.2) is 20.1 Å². The molecule has 1 N–H and O–H groups in total. The van der Waals surface area contributed by atoms with Crippen LogP contribution >= 0.6 is 11.6 Å². The van der Waals surface area contributed by atoms with E-state index in [1.165, 1.54) is 12.1 Å². The minimum Gasteiger partial charge on any atom is -0.345 e. The van der Waals surface area contributed by atoms with Gasteiger partial charge in [0.15, 0.2) is 9.84 Å². The van der Waals surface area contributed by atoms with Crippen molar-refractivity contribution in [3.05, 3.63) is 64.7 Å². The number of sulfone groups is 1. The van der Waals surface area contributed by atoms with Crippen LogP contribution in [0.3, 0.4) is 0 Å². The molecule has 0 unspecified atom stereocenters. The number of rotatable bonds is 5. The number of halogens is 1. The number of nitrogens with one attached hydrogen (secondary N) is 1. The predicted octanol–water partition coefficient (Wildman–Crippen LogP) is 3.62. The molecule has 0 saturated heterocycles. The molecule has 0 aliphatic rings. The smallest absolute Gasteiger partial charge is 0.253 e. The lowest BCUT2D eigenvalue weighted by Gasteiger charge is -2.16. The molecule has 0 spiro atoms. The first-order valence-electron chi connectivity index (χ1n) is 7.23. The summed E-state index contributed by atoms with van der Waals surface area (Å²) in [7, 11) is -3.46. The molecule has 0 radical (unpaired) electrons. The quantitative estimate of drug-likeness (QED) is 0.894. The van der Waals surface area contributed by atoms with E-state index in [1.807, 2.05) is 13.0 Å². The predicted molar refractivity (Wildman–Crippen MR) is 91.5 cm³/mol. The second-order valence-electron chi connectivity index (χ2n) is 5.15. The molecule has 2 aromatic carbocycles. The lowest BCUT2D eigenvalue weighted by molar-refractivity contribution is 0.0936. The molecule has 0 bridgehead atoms. The molecule has 2 rings (SSSR count). The highest BCUT2D eigenvalue weighted by molar-refractivity contribution is 7.91. The van der Waals surface area contributed by atoms with Crippen LogP contribution in [0.15, 0.2) is 53.4 Å². The van der Waals surface area contributed by atoms with Crippen LogP contribution in [-0.2, 0) is 9.84 Å². The summed E-state index contributed by atoms with van der Waals surface area (Å²) >= 11 is 5.95. The summed E-state index contributed by atoms with van der Waals surface area (Å²) in [4.78, 5) is 12.5. The molecule has 23 heavy (non-hydrogen) atoms. The minimum absolute atomic E-state index is 0.0540. The Labute approximate surface area is 141 Å². The van der Waals surface area contributed by atoms with E-state index in [1.54, 1.807) is 37.3 Å². The van der Waals surface area contributed by atoms with Crippen LogP contribution in [0.4, 0.5) is 0 Å². The van der Waals surface area contributed by atoms with E-state index in [2.05, 4.69) is 5.32 Å². The van der Waals surface area contributed by atoms with Crippen LogP contribution in [0.25, 0.3) is 0 Å². The molecule has 2 aromatic rings. The zero-order valence-corrected chi connectivity index (χ0v) is 14.5. The van der Waals surface area contributed by atoms with Crippen molar-refractivity contribution in [2.24, 2.45) is 0 Å². The summed E-state index contributed by atoms with van der Waals surface area (Å²) in [6.07, 6.45) is 0. The maximum absolute atomic E-state index is 12.5. The Bertz CT molecular complexity index is 818. The van der Waals surface area contributed by atoms with Crippen molar-refractivity contribution < 1.29 is 13.2 Å². The third kappa shape index (κ3) is 4.12. The molecule has 0 heterocycles. The maximum Gasteiger partial charge on any atom is 0.253 e. The highest BCUT2D eigenvalue weighted by Crippen LogP contribution is 2.20. The van der Waals surface area contributed by atoms with Gasteiger partial charge in [-0.25, -0.2) is 8.42 Å². The fourth-order valence-electron chi connectivity index (χ4n) is 2.21. The second kappa shape index (κ2) is 7.15. The third-order valence-corrected chi connectivity index (χ3v) is 5.56. The van der Waals surface area contributed by atoms with Gasteiger partial charge in [-0.15, -0.1) is 0 Å². The van der Waals surface area contributed by atoms with Crippen LogP contribution in [0.2, 0.25) is 5.02 Å². The lowest BCUT2D eigenvalue weighted by Crippen LogP contribution is -2.28. The van der Waals surface area contributed by atoms with Crippen LogP contribution in [0, 0.1) is 0 Å². The standard InChI is InChI=1S/C17H18ClNO3S/c1-3-23(21,22)16-10-5-4-9-15(16)17(20)19-12(2)13-7-6-8-14(18)11-13/h4-12H,3H2,1-2H3,(H,19,20)/t12-/m0/s1. The normalized spacial score (nSPS) is 12.7. The van der Waals surface area contributed by atoms with Gasteiger partial charge in [-0.1, -0.05) is 42.8 Å².